The Bertz CT molecular complexity index is 1340. The molecule has 1 saturated heterocycles. The molecule has 0 bridgehead atoms. The number of Topliss-reactive ketones (excluding diaryl/α,β-unsaturated/α-hetero) is 1. The molecule has 2 N–H and O–H groups in total. The summed E-state index contributed by atoms with van der Waals surface area (Å²) in [7, 11) is 0. The van der Waals surface area contributed by atoms with Crippen LogP contribution in [0.4, 0.5) is 13.2 Å². The third kappa shape index (κ3) is 4.64. The fourth-order valence-electron chi connectivity index (χ4n) is 4.13. The average Bonchev–Trinajstić information content (AvgIpc) is 3.05. The highest BCUT2D eigenvalue weighted by Gasteiger charge is 2.46. The van der Waals surface area contributed by atoms with Crippen molar-refractivity contribution in [3.8, 4) is 5.75 Å². The summed E-state index contributed by atoms with van der Waals surface area (Å²) in [5.74, 6) is -2.30. The number of aromatic hydroxyl groups is 1. The number of hydrogen-bond donors (Lipinski definition) is 2. The smallest absolute Gasteiger partial charge is 0.416 e. The Balaban J connectivity index is 1.85. The number of hydrogen-bond acceptors (Lipinski definition) is 4. The lowest BCUT2D eigenvalue weighted by molar-refractivity contribution is -0.140. The van der Waals surface area contributed by atoms with Crippen molar-refractivity contribution in [2.24, 2.45) is 0 Å². The van der Waals surface area contributed by atoms with E-state index < -0.39 is 29.5 Å². The summed E-state index contributed by atoms with van der Waals surface area (Å²) in [6.07, 6.45) is -4.57. The first-order valence-corrected chi connectivity index (χ1v) is 10.8. The van der Waals surface area contributed by atoms with Gasteiger partial charge in [0.15, 0.2) is 0 Å². The van der Waals surface area contributed by atoms with Crippen LogP contribution < -0.4 is 0 Å². The number of aliphatic hydroxyl groups is 1. The summed E-state index contributed by atoms with van der Waals surface area (Å²) in [6.45, 7) is 3.45. The van der Waals surface area contributed by atoms with Crippen LogP contribution in [0.15, 0.2) is 72.3 Å². The molecule has 3 aromatic carbocycles. The van der Waals surface area contributed by atoms with E-state index in [1.165, 1.54) is 36.4 Å². The van der Waals surface area contributed by atoms with Gasteiger partial charge in [-0.25, -0.2) is 0 Å². The summed E-state index contributed by atoms with van der Waals surface area (Å²) in [6, 6.07) is 14.3. The fourth-order valence-corrected chi connectivity index (χ4v) is 4.13. The van der Waals surface area contributed by atoms with Gasteiger partial charge in [-0.15, -0.1) is 0 Å². The minimum absolute atomic E-state index is 0.0438. The maximum Gasteiger partial charge on any atom is 0.416 e. The Morgan fingerprint density at radius 1 is 0.943 bits per heavy atom. The molecule has 5 nitrogen and oxygen atoms in total. The number of phenols is 1. The van der Waals surface area contributed by atoms with Crippen LogP contribution in [-0.2, 0) is 22.3 Å². The predicted octanol–water partition coefficient (Wildman–Crippen LogP) is 5.65. The van der Waals surface area contributed by atoms with E-state index >= 15 is 0 Å². The molecule has 0 spiro atoms. The SMILES string of the molecule is Cc1ccc(/C(O)=C2\C(=O)C(=O)N(Cc3cccc(C(F)(F)F)c3)C2c2ccc(O)cc2)cc1C. The van der Waals surface area contributed by atoms with E-state index in [1.54, 1.807) is 18.2 Å². The molecule has 1 aliphatic rings. The van der Waals surface area contributed by atoms with E-state index in [0.717, 1.165) is 28.2 Å². The number of rotatable bonds is 4. The molecular formula is C27H22F3NO4. The molecule has 1 amide bonds. The molecule has 1 unspecified atom stereocenters. The second kappa shape index (κ2) is 8.94. The molecular weight excluding hydrogens is 459 g/mol. The van der Waals surface area contributed by atoms with Crippen LogP contribution in [0.5, 0.6) is 5.75 Å². The van der Waals surface area contributed by atoms with Gasteiger partial charge in [-0.3, -0.25) is 9.59 Å². The van der Waals surface area contributed by atoms with Crippen LogP contribution in [0.3, 0.4) is 0 Å². The van der Waals surface area contributed by atoms with E-state index in [9.17, 15) is 33.0 Å². The van der Waals surface area contributed by atoms with Crippen molar-refractivity contribution in [2.75, 3.05) is 0 Å². The quantitative estimate of drug-likeness (QED) is 0.287. The van der Waals surface area contributed by atoms with Crippen LogP contribution in [0.1, 0.15) is 39.4 Å². The van der Waals surface area contributed by atoms with Crippen LogP contribution in [-0.4, -0.2) is 26.8 Å². The number of phenolic OH excluding ortho intramolecular Hbond substituents is 1. The lowest BCUT2D eigenvalue weighted by Gasteiger charge is -2.26. The van der Waals surface area contributed by atoms with E-state index in [4.69, 9.17) is 0 Å². The molecule has 0 aliphatic carbocycles. The average molecular weight is 481 g/mol. The number of ketones is 1. The number of alkyl halides is 3. The minimum atomic E-state index is -4.57. The van der Waals surface area contributed by atoms with Crippen molar-refractivity contribution < 1.29 is 33.0 Å². The van der Waals surface area contributed by atoms with Crippen LogP contribution in [0, 0.1) is 13.8 Å². The molecule has 0 saturated carbocycles. The molecule has 3 aromatic rings. The number of benzene rings is 3. The van der Waals surface area contributed by atoms with Gasteiger partial charge in [0.25, 0.3) is 11.7 Å². The molecule has 1 atom stereocenters. The van der Waals surface area contributed by atoms with Crippen LogP contribution in [0.2, 0.25) is 0 Å². The molecule has 1 heterocycles. The molecule has 35 heavy (non-hydrogen) atoms. The summed E-state index contributed by atoms with van der Waals surface area (Å²) < 4.78 is 39.7. The molecule has 1 fully saturated rings. The first kappa shape index (κ1) is 24.1. The number of aryl methyl sites for hydroxylation is 2. The first-order valence-electron chi connectivity index (χ1n) is 10.8. The van der Waals surface area contributed by atoms with E-state index in [1.807, 2.05) is 13.8 Å². The van der Waals surface area contributed by atoms with Gasteiger partial charge in [-0.05, 0) is 66.4 Å². The molecule has 0 radical (unpaired) electrons. The Morgan fingerprint density at radius 2 is 1.63 bits per heavy atom. The molecule has 8 heteroatoms. The van der Waals surface area contributed by atoms with Crippen molar-refractivity contribution in [1.29, 1.82) is 0 Å². The van der Waals surface area contributed by atoms with E-state index in [0.29, 0.717) is 11.1 Å². The van der Waals surface area contributed by atoms with Gasteiger partial charge in [-0.1, -0.05) is 36.4 Å². The zero-order valence-electron chi connectivity index (χ0n) is 18.9. The number of halogens is 3. The second-order valence-electron chi connectivity index (χ2n) is 8.52. The minimum Gasteiger partial charge on any atom is -0.508 e. The van der Waals surface area contributed by atoms with Crippen molar-refractivity contribution in [1.82, 2.24) is 4.90 Å². The number of nitrogens with zero attached hydrogens (tertiary/aromatic N) is 1. The molecule has 0 aromatic heterocycles. The first-order chi connectivity index (χ1) is 16.5. The Morgan fingerprint density at radius 3 is 2.26 bits per heavy atom. The molecule has 4 rings (SSSR count). The third-order valence-electron chi connectivity index (χ3n) is 6.14. The molecule has 180 valence electrons. The highest BCUT2D eigenvalue weighted by atomic mass is 19.4. The zero-order valence-corrected chi connectivity index (χ0v) is 18.9. The number of likely N-dealkylation sites (tertiary alicyclic amines) is 1. The second-order valence-corrected chi connectivity index (χ2v) is 8.52. The molecule has 1 aliphatic heterocycles. The zero-order chi connectivity index (χ0) is 25.5. The van der Waals surface area contributed by atoms with Gasteiger partial charge >= 0.3 is 6.18 Å². The van der Waals surface area contributed by atoms with Crippen molar-refractivity contribution >= 4 is 17.4 Å². The standard InChI is InChI=1S/C27H22F3NO4/c1-15-6-7-19(12-16(15)2)24(33)22-23(18-8-10-21(32)11-9-18)31(26(35)25(22)34)14-17-4-3-5-20(13-17)27(28,29)30/h3-13,23,32-33H,14H2,1-2H3/b24-22+. The highest BCUT2D eigenvalue weighted by molar-refractivity contribution is 6.46. The summed E-state index contributed by atoms with van der Waals surface area (Å²) >= 11 is 0. The van der Waals surface area contributed by atoms with Crippen molar-refractivity contribution in [3.05, 3.63) is 106 Å². The summed E-state index contributed by atoms with van der Waals surface area (Å²) in [4.78, 5) is 27.3. The maximum absolute atomic E-state index is 13.2. The lowest BCUT2D eigenvalue weighted by Crippen LogP contribution is -2.29. The van der Waals surface area contributed by atoms with Gasteiger partial charge in [0.05, 0.1) is 17.2 Å². The fraction of sp³-hybridized carbons (Fsp3) is 0.185. The topological polar surface area (TPSA) is 77.8 Å². The maximum atomic E-state index is 13.2. The van der Waals surface area contributed by atoms with Gasteiger partial charge in [0, 0.05) is 12.1 Å². The monoisotopic (exact) mass is 481 g/mol. The van der Waals surface area contributed by atoms with Gasteiger partial charge < -0.3 is 15.1 Å². The lowest BCUT2D eigenvalue weighted by atomic mass is 9.94. The Kier molecular flexibility index (Phi) is 6.15. The van der Waals surface area contributed by atoms with E-state index in [2.05, 4.69) is 0 Å². The third-order valence-corrected chi connectivity index (χ3v) is 6.14. The Labute approximate surface area is 199 Å². The number of amides is 1. The van der Waals surface area contributed by atoms with Gasteiger partial charge in [0.2, 0.25) is 0 Å². The van der Waals surface area contributed by atoms with E-state index in [-0.39, 0.29) is 29.2 Å². The Hall–Kier alpha value is -4.07. The van der Waals surface area contributed by atoms with Crippen molar-refractivity contribution in [3.63, 3.8) is 0 Å². The number of carbonyl (C=O) groups excluding carboxylic acids is 2. The summed E-state index contributed by atoms with van der Waals surface area (Å²) in [5.41, 5.74) is 1.74. The van der Waals surface area contributed by atoms with Crippen LogP contribution in [0.25, 0.3) is 5.76 Å². The number of aliphatic hydroxyl groups excluding tert-OH is 1. The highest BCUT2D eigenvalue weighted by Crippen LogP contribution is 2.41. The largest absolute Gasteiger partial charge is 0.508 e. The van der Waals surface area contributed by atoms with Gasteiger partial charge in [-0.2, -0.15) is 13.2 Å². The normalized spacial score (nSPS) is 17.7. The number of carbonyl (C=O) groups is 2. The van der Waals surface area contributed by atoms with Crippen molar-refractivity contribution in [2.45, 2.75) is 32.6 Å². The van der Waals surface area contributed by atoms with Gasteiger partial charge in [0.1, 0.15) is 11.5 Å². The van der Waals surface area contributed by atoms with Crippen LogP contribution >= 0.6 is 0 Å². The summed E-state index contributed by atoms with van der Waals surface area (Å²) in [5, 5.41) is 20.8. The predicted molar refractivity (Wildman–Crippen MR) is 123 cm³/mol.